The minimum absolute atomic E-state index is 0. The van der Waals surface area contributed by atoms with Gasteiger partial charge in [-0.05, 0) is 26.2 Å². The van der Waals surface area contributed by atoms with Crippen molar-refractivity contribution in [2.45, 2.75) is 26.2 Å². The largest absolute Gasteiger partial charge is 0.414 e. The molecule has 0 unspecified atom stereocenters. The summed E-state index contributed by atoms with van der Waals surface area (Å²) in [6.45, 7) is 7.92. The summed E-state index contributed by atoms with van der Waals surface area (Å²) in [6.07, 6.45) is 0. The van der Waals surface area contributed by atoms with E-state index in [1.807, 2.05) is 26.2 Å². The number of hydrogen-bond acceptors (Lipinski definition) is 4. The Hall–Kier alpha value is 5.12. The van der Waals surface area contributed by atoms with Crippen molar-refractivity contribution in [2.75, 3.05) is 0 Å². The van der Waals surface area contributed by atoms with Gasteiger partial charge in [0.2, 0.25) is 0 Å². The first-order valence-corrected chi connectivity index (χ1v) is 10.9. The molecular weight excluding hydrogens is 628 g/mol. The van der Waals surface area contributed by atoms with Gasteiger partial charge in [-0.15, -0.1) is 0 Å². The van der Waals surface area contributed by atoms with Crippen LogP contribution in [-0.2, 0) is 147 Å². The summed E-state index contributed by atoms with van der Waals surface area (Å²) < 4.78 is 22.2. The van der Waals surface area contributed by atoms with E-state index in [4.69, 9.17) is 16.5 Å². The summed E-state index contributed by atoms with van der Waals surface area (Å²) in [4.78, 5) is 0. The van der Waals surface area contributed by atoms with Gasteiger partial charge in [0.1, 0.15) is 0 Å². The van der Waals surface area contributed by atoms with Gasteiger partial charge in [0, 0.05) is 131 Å². The van der Waals surface area contributed by atoms with Crippen LogP contribution in [0.25, 0.3) is 0 Å². The fraction of sp³-hybridized carbons (Fsp3) is 0.500. The smallest absolute Gasteiger partial charge is 0.362 e. The van der Waals surface area contributed by atoms with Gasteiger partial charge in [-0.25, -0.2) is 0 Å². The quantitative estimate of drug-likeness (QED) is 0.298. The van der Waals surface area contributed by atoms with Gasteiger partial charge in [0.25, 0.3) is 0 Å². The van der Waals surface area contributed by atoms with E-state index in [0.717, 1.165) is 0 Å². The molecule has 1 aliphatic rings. The molecule has 1 fully saturated rings. The molecular formula is C8H24O4Si4Y4-4. The zero-order valence-electron chi connectivity index (χ0n) is 13.9. The minimum Gasteiger partial charge on any atom is -0.414 e. The second kappa shape index (κ2) is 28.9. The van der Waals surface area contributed by atoms with Crippen molar-refractivity contribution >= 4 is 37.1 Å². The van der Waals surface area contributed by atoms with E-state index >= 15 is 0 Å². The predicted molar refractivity (Wildman–Crippen MR) is 76.5 cm³/mol. The standard InChI is InChI=1S/C4H12O4Si4.4CH3.4Y/c1-9-5-10(2)7-12(4)8-11(3)6-9;;;;;;;;/h1-4H3;4*1H3;;;;/q;4*-1;;;;. The Morgan fingerprint density at radius 1 is 0.400 bits per heavy atom. The fourth-order valence-electron chi connectivity index (χ4n) is 0.893. The van der Waals surface area contributed by atoms with E-state index in [1.54, 1.807) is 0 Å². The number of hydrogen-bond donors (Lipinski definition) is 0. The Balaban J connectivity index is -0.0000000300. The monoisotopic (exact) mass is 652 g/mol. The summed E-state index contributed by atoms with van der Waals surface area (Å²) >= 11 is 0. The van der Waals surface area contributed by atoms with Crippen LogP contribution in [0.15, 0.2) is 0 Å². The molecule has 1 saturated heterocycles. The Kier molecular flexibility index (Phi) is 72.1. The molecule has 12 heteroatoms. The number of rotatable bonds is 0. The SMILES string of the molecule is C[Si]1O[Si](C)O[Si](C)O[Si](C)O1.[CH3-].[CH3-].[CH3-].[CH3-].[Y].[Y].[Y].[Y]. The van der Waals surface area contributed by atoms with Crippen LogP contribution in [0.4, 0.5) is 0 Å². The van der Waals surface area contributed by atoms with Gasteiger partial charge < -0.3 is 46.2 Å². The average Bonchev–Trinajstić information content (AvgIpc) is 1.81. The van der Waals surface area contributed by atoms with Gasteiger partial charge in [0.15, 0.2) is 0 Å². The van der Waals surface area contributed by atoms with Crippen LogP contribution in [0, 0.1) is 29.7 Å². The van der Waals surface area contributed by atoms with Crippen LogP contribution in [0.1, 0.15) is 0 Å². The molecule has 0 saturated carbocycles. The molecule has 20 heavy (non-hydrogen) atoms. The van der Waals surface area contributed by atoms with Gasteiger partial charge in [-0.3, -0.25) is 0 Å². The zero-order chi connectivity index (χ0) is 9.14. The summed E-state index contributed by atoms with van der Waals surface area (Å²) in [5.74, 6) is 0. The van der Waals surface area contributed by atoms with Crippen molar-refractivity contribution in [2.24, 2.45) is 0 Å². The summed E-state index contributed by atoms with van der Waals surface area (Å²) in [6, 6.07) is 0. The molecule has 0 aromatic heterocycles. The Bertz CT molecular complexity index is 126. The Morgan fingerprint density at radius 3 is 0.600 bits per heavy atom. The molecule has 0 bridgehead atoms. The van der Waals surface area contributed by atoms with Crippen LogP contribution in [-0.4, -0.2) is 37.1 Å². The zero-order valence-corrected chi connectivity index (χ0v) is 29.3. The van der Waals surface area contributed by atoms with E-state index < -0.39 is 37.1 Å². The molecule has 1 heterocycles. The maximum atomic E-state index is 5.56. The second-order valence-corrected chi connectivity index (χ2v) is 9.57. The van der Waals surface area contributed by atoms with E-state index in [-0.39, 0.29) is 161 Å². The molecule has 1 rings (SSSR count). The van der Waals surface area contributed by atoms with Gasteiger partial charge in [0.05, 0.1) is 0 Å². The predicted octanol–water partition coefficient (Wildman–Crippen LogP) is 2.33. The molecule has 1 aliphatic heterocycles. The van der Waals surface area contributed by atoms with Crippen molar-refractivity contribution in [3.63, 3.8) is 0 Å². The van der Waals surface area contributed by atoms with Crippen LogP contribution >= 0.6 is 0 Å². The van der Waals surface area contributed by atoms with Gasteiger partial charge in [-0.1, -0.05) is 0 Å². The fourth-order valence-corrected chi connectivity index (χ4v) is 9.54. The first-order valence-electron chi connectivity index (χ1n) is 3.63. The van der Waals surface area contributed by atoms with Crippen LogP contribution in [0.5, 0.6) is 0 Å². The third-order valence-electron chi connectivity index (χ3n) is 1.15. The van der Waals surface area contributed by atoms with Crippen molar-refractivity contribution in [3.05, 3.63) is 29.7 Å². The van der Waals surface area contributed by atoms with E-state index in [9.17, 15) is 0 Å². The minimum atomic E-state index is -1.12. The Morgan fingerprint density at radius 2 is 0.500 bits per heavy atom. The molecule has 0 spiro atoms. The molecule has 0 N–H and O–H groups in total. The van der Waals surface area contributed by atoms with Crippen molar-refractivity contribution in [1.29, 1.82) is 0 Å². The third kappa shape index (κ3) is 25.4. The van der Waals surface area contributed by atoms with Crippen LogP contribution in [0.2, 0.25) is 26.2 Å². The molecule has 0 amide bonds. The first-order chi connectivity index (χ1) is 5.58. The Labute approximate surface area is 235 Å². The maximum absolute atomic E-state index is 5.56. The van der Waals surface area contributed by atoms with E-state index in [1.165, 1.54) is 0 Å². The molecule has 112 valence electrons. The summed E-state index contributed by atoms with van der Waals surface area (Å²) in [5, 5.41) is 0. The molecule has 8 radical (unpaired) electrons. The summed E-state index contributed by atoms with van der Waals surface area (Å²) in [5.41, 5.74) is 0. The summed E-state index contributed by atoms with van der Waals surface area (Å²) in [7, 11) is -4.46. The molecule has 0 aromatic rings. The van der Waals surface area contributed by atoms with E-state index in [2.05, 4.69) is 0 Å². The van der Waals surface area contributed by atoms with Crippen LogP contribution < -0.4 is 0 Å². The van der Waals surface area contributed by atoms with Gasteiger partial charge >= 0.3 is 37.1 Å². The normalized spacial score (nSPS) is 16.2. The topological polar surface area (TPSA) is 36.9 Å². The van der Waals surface area contributed by atoms with Crippen LogP contribution in [0.3, 0.4) is 0 Å². The average molecular weight is 652 g/mol. The van der Waals surface area contributed by atoms with Gasteiger partial charge in [-0.2, -0.15) is 0 Å². The maximum Gasteiger partial charge on any atom is 0.362 e. The van der Waals surface area contributed by atoms with Crippen molar-refractivity contribution < 1.29 is 147 Å². The second-order valence-electron chi connectivity index (χ2n) is 2.37. The first kappa shape index (κ1) is 49.9. The molecule has 0 atom stereocenters. The molecule has 0 aliphatic carbocycles. The van der Waals surface area contributed by atoms with E-state index in [0.29, 0.717) is 0 Å². The molecule has 4 nitrogen and oxygen atoms in total. The van der Waals surface area contributed by atoms with Crippen molar-refractivity contribution in [3.8, 4) is 0 Å². The third-order valence-corrected chi connectivity index (χ3v) is 10.3. The molecule has 0 aromatic carbocycles. The van der Waals surface area contributed by atoms with Crippen molar-refractivity contribution in [1.82, 2.24) is 0 Å².